The van der Waals surface area contributed by atoms with Gasteiger partial charge in [0.1, 0.15) is 17.3 Å². The smallest absolute Gasteiger partial charge is 0.355 e. The zero-order valence-electron chi connectivity index (χ0n) is 17.5. The van der Waals surface area contributed by atoms with Gasteiger partial charge in [-0.3, -0.25) is 15.0 Å². The zero-order chi connectivity index (χ0) is 24.3. The minimum atomic E-state index is -1.14. The quantitative estimate of drug-likeness (QED) is 0.391. The minimum absolute atomic E-state index is 0.188. The van der Waals surface area contributed by atoms with Crippen LogP contribution in [0.5, 0.6) is 5.75 Å². The second-order valence-electron chi connectivity index (χ2n) is 6.74. The van der Waals surface area contributed by atoms with Crippen LogP contribution < -0.4 is 10.6 Å². The molecular weight excluding hydrogens is 432 g/mol. The number of para-hydroxylation sites is 1. The Hall–Kier alpha value is -4.85. The third-order valence-electron chi connectivity index (χ3n) is 5.02. The van der Waals surface area contributed by atoms with Crippen LogP contribution in [0.15, 0.2) is 71.2 Å². The summed E-state index contributed by atoms with van der Waals surface area (Å²) in [6.07, 6.45) is 0. The van der Waals surface area contributed by atoms with E-state index in [1.165, 1.54) is 6.07 Å². The molecule has 0 saturated heterocycles. The number of allylic oxidation sites excluding steroid dienone is 1. The number of ether oxygens (including phenoxy) is 2. The van der Waals surface area contributed by atoms with Crippen molar-refractivity contribution in [1.29, 1.82) is 5.26 Å². The van der Waals surface area contributed by atoms with Crippen LogP contribution in [0.1, 0.15) is 11.5 Å². The molecule has 0 fully saturated rings. The summed E-state index contributed by atoms with van der Waals surface area (Å²) in [6.45, 7) is 0. The highest BCUT2D eigenvalue weighted by molar-refractivity contribution is 6.07. The summed E-state index contributed by atoms with van der Waals surface area (Å²) in [4.78, 5) is 37.6. The van der Waals surface area contributed by atoms with Crippen LogP contribution in [0, 0.1) is 21.4 Å². The number of anilines is 1. The topological polar surface area (TPSA) is 169 Å². The van der Waals surface area contributed by atoms with Crippen molar-refractivity contribution < 1.29 is 29.1 Å². The monoisotopic (exact) mass is 450 g/mol. The normalized spacial score (nSPS) is 15.7. The largest absolute Gasteiger partial charge is 0.505 e. The third-order valence-corrected chi connectivity index (χ3v) is 5.02. The molecule has 2 aromatic carbocycles. The van der Waals surface area contributed by atoms with Crippen molar-refractivity contribution in [3.8, 4) is 11.8 Å². The molecule has 0 amide bonds. The molecular formula is C22H18N4O7. The first kappa shape index (κ1) is 22.8. The summed E-state index contributed by atoms with van der Waals surface area (Å²) in [5.41, 5.74) is 4.52. The van der Waals surface area contributed by atoms with E-state index >= 15 is 0 Å². The molecule has 11 nitrogen and oxygen atoms in total. The third kappa shape index (κ3) is 3.81. The van der Waals surface area contributed by atoms with Gasteiger partial charge in [0.05, 0.1) is 42.3 Å². The number of carbonyl (C=O) groups is 2. The number of hydrogen-bond acceptors (Lipinski definition) is 10. The minimum Gasteiger partial charge on any atom is -0.505 e. The van der Waals surface area contributed by atoms with Crippen LogP contribution in [0.25, 0.3) is 0 Å². The van der Waals surface area contributed by atoms with Crippen molar-refractivity contribution in [2.75, 3.05) is 19.1 Å². The van der Waals surface area contributed by atoms with Crippen LogP contribution in [-0.2, 0) is 19.1 Å². The number of nitrogens with zero attached hydrogens (tertiary/aromatic N) is 3. The van der Waals surface area contributed by atoms with Gasteiger partial charge in [-0.05, 0) is 11.6 Å². The number of methoxy groups -OCH3 is 2. The Kier molecular flexibility index (Phi) is 6.30. The van der Waals surface area contributed by atoms with Gasteiger partial charge in [-0.1, -0.05) is 36.4 Å². The van der Waals surface area contributed by atoms with E-state index in [0.717, 1.165) is 31.3 Å². The first-order valence-electron chi connectivity index (χ1n) is 9.40. The number of benzene rings is 2. The van der Waals surface area contributed by atoms with Crippen LogP contribution in [-0.4, -0.2) is 36.2 Å². The summed E-state index contributed by atoms with van der Waals surface area (Å²) in [5.74, 6) is -4.24. The van der Waals surface area contributed by atoms with Gasteiger partial charge < -0.3 is 20.3 Å². The summed E-state index contributed by atoms with van der Waals surface area (Å²) < 4.78 is 9.74. The number of carbonyl (C=O) groups excluding carboxylic acids is 2. The number of nitriles is 1. The molecule has 1 unspecified atom stereocenters. The van der Waals surface area contributed by atoms with E-state index in [4.69, 9.17) is 15.2 Å². The number of nitro benzene ring substituents is 1. The number of aromatic hydroxyl groups is 1. The Morgan fingerprint density at radius 2 is 1.76 bits per heavy atom. The lowest BCUT2D eigenvalue weighted by atomic mass is 9.81. The average Bonchev–Trinajstić information content (AvgIpc) is 2.82. The molecule has 11 heteroatoms. The molecule has 0 spiro atoms. The molecule has 1 aliphatic rings. The van der Waals surface area contributed by atoms with Crippen molar-refractivity contribution in [3.63, 3.8) is 0 Å². The Morgan fingerprint density at radius 3 is 2.30 bits per heavy atom. The molecule has 1 atom stereocenters. The number of rotatable bonds is 5. The van der Waals surface area contributed by atoms with Crippen molar-refractivity contribution in [2.45, 2.75) is 5.92 Å². The molecule has 3 N–H and O–H groups in total. The molecule has 168 valence electrons. The second-order valence-corrected chi connectivity index (χ2v) is 6.74. The molecule has 0 radical (unpaired) electrons. The average molecular weight is 450 g/mol. The first-order chi connectivity index (χ1) is 15.8. The van der Waals surface area contributed by atoms with Crippen molar-refractivity contribution in [2.24, 2.45) is 5.73 Å². The first-order valence-corrected chi connectivity index (χ1v) is 9.40. The molecule has 3 rings (SSSR count). The van der Waals surface area contributed by atoms with Crippen molar-refractivity contribution in [3.05, 3.63) is 86.9 Å². The Labute approximate surface area is 187 Å². The standard InChI is InChI=1S/C22H18N4O7/c1-32-21(28)17-16(12-7-4-3-5-8-12)13(11-23)20(24)25(19(17)22(29)33-2)18-14(26(30)31)9-6-10-15(18)27/h3-10,16,27H,24H2,1-2H3. The maximum atomic E-state index is 12.9. The predicted molar refractivity (Wildman–Crippen MR) is 114 cm³/mol. The number of hydrogen-bond donors (Lipinski definition) is 2. The highest BCUT2D eigenvalue weighted by atomic mass is 16.6. The Balaban J connectivity index is 2.51. The predicted octanol–water partition coefficient (Wildman–Crippen LogP) is 2.20. The molecule has 1 aliphatic heterocycles. The number of phenols is 1. The van der Waals surface area contributed by atoms with Gasteiger partial charge in [0.15, 0.2) is 5.69 Å². The van der Waals surface area contributed by atoms with E-state index < -0.39 is 51.4 Å². The van der Waals surface area contributed by atoms with Gasteiger partial charge in [0.25, 0.3) is 5.69 Å². The van der Waals surface area contributed by atoms with Gasteiger partial charge in [0.2, 0.25) is 0 Å². The Morgan fingerprint density at radius 1 is 1.12 bits per heavy atom. The molecule has 0 aromatic heterocycles. The SMILES string of the molecule is COC(=O)C1=C(C(=O)OC)N(c2c(O)cccc2[N+](=O)[O-])C(N)=C(C#N)C1c1ccccc1. The van der Waals surface area contributed by atoms with Crippen molar-refractivity contribution in [1.82, 2.24) is 0 Å². The molecule has 2 aromatic rings. The van der Waals surface area contributed by atoms with E-state index in [9.17, 15) is 30.1 Å². The molecule has 1 heterocycles. The van der Waals surface area contributed by atoms with E-state index in [-0.39, 0.29) is 11.1 Å². The lowest BCUT2D eigenvalue weighted by Crippen LogP contribution is -2.41. The maximum absolute atomic E-state index is 12.9. The van der Waals surface area contributed by atoms with E-state index in [0.29, 0.717) is 5.56 Å². The van der Waals surface area contributed by atoms with Gasteiger partial charge in [-0.15, -0.1) is 0 Å². The van der Waals surface area contributed by atoms with Gasteiger partial charge in [-0.2, -0.15) is 5.26 Å². The lowest BCUT2D eigenvalue weighted by molar-refractivity contribution is -0.384. The van der Waals surface area contributed by atoms with E-state index in [1.54, 1.807) is 30.3 Å². The van der Waals surface area contributed by atoms with Crippen molar-refractivity contribution >= 4 is 23.3 Å². The van der Waals surface area contributed by atoms with Gasteiger partial charge in [0, 0.05) is 6.07 Å². The number of phenolic OH excluding ortho intramolecular Hbond substituents is 1. The maximum Gasteiger partial charge on any atom is 0.355 e. The zero-order valence-corrected chi connectivity index (χ0v) is 17.5. The fraction of sp³-hybridized carbons (Fsp3) is 0.136. The number of nitrogens with two attached hydrogens (primary N) is 1. The van der Waals surface area contributed by atoms with Crippen LogP contribution in [0.2, 0.25) is 0 Å². The van der Waals surface area contributed by atoms with Crippen LogP contribution in [0.3, 0.4) is 0 Å². The fourth-order valence-corrected chi connectivity index (χ4v) is 3.64. The summed E-state index contributed by atoms with van der Waals surface area (Å²) in [5, 5.41) is 32.2. The summed E-state index contributed by atoms with van der Waals surface area (Å²) >= 11 is 0. The number of esters is 2. The molecule has 0 aliphatic carbocycles. The van der Waals surface area contributed by atoms with Crippen LogP contribution in [0.4, 0.5) is 11.4 Å². The van der Waals surface area contributed by atoms with Crippen LogP contribution >= 0.6 is 0 Å². The lowest BCUT2D eigenvalue weighted by Gasteiger charge is -2.35. The Bertz CT molecular complexity index is 1250. The molecule has 33 heavy (non-hydrogen) atoms. The van der Waals surface area contributed by atoms with E-state index in [2.05, 4.69) is 0 Å². The summed E-state index contributed by atoms with van der Waals surface area (Å²) in [6, 6.07) is 13.6. The summed E-state index contributed by atoms with van der Waals surface area (Å²) in [7, 11) is 2.12. The molecule has 0 bridgehead atoms. The highest BCUT2D eigenvalue weighted by Gasteiger charge is 2.45. The van der Waals surface area contributed by atoms with E-state index in [1.807, 2.05) is 6.07 Å². The van der Waals surface area contributed by atoms with Gasteiger partial charge >= 0.3 is 11.9 Å². The molecule has 0 saturated carbocycles. The fourth-order valence-electron chi connectivity index (χ4n) is 3.64. The van der Waals surface area contributed by atoms with Gasteiger partial charge in [-0.25, -0.2) is 9.59 Å². The second kappa shape index (κ2) is 9.11. The number of nitro groups is 1. The highest BCUT2D eigenvalue weighted by Crippen LogP contribution is 2.47.